The van der Waals surface area contributed by atoms with Crippen LogP contribution in [0.5, 0.6) is 0 Å². The maximum Gasteiger partial charge on any atom is 0.0522 e. The molecule has 4 heteroatoms. The van der Waals surface area contributed by atoms with Crippen molar-refractivity contribution in [2.75, 3.05) is 0 Å². The van der Waals surface area contributed by atoms with E-state index >= 15 is 0 Å². The van der Waals surface area contributed by atoms with E-state index in [1.807, 2.05) is 10.9 Å². The fraction of sp³-hybridized carbons (Fsp3) is 0.824. The minimum Gasteiger partial charge on any atom is -0.273 e. The molecule has 0 amide bonds. The monoisotopic (exact) mass is 292 g/mol. The van der Waals surface area contributed by atoms with Gasteiger partial charge in [-0.05, 0) is 43.6 Å². The summed E-state index contributed by atoms with van der Waals surface area (Å²) in [4.78, 5) is 0. The normalized spacial score (nSPS) is 24.1. The lowest BCUT2D eigenvalue weighted by Crippen LogP contribution is -2.43. The lowest BCUT2D eigenvalue weighted by molar-refractivity contribution is 0.211. The molecule has 0 aliphatic heterocycles. The number of hydrogen-bond donors (Lipinski definition) is 2. The third kappa shape index (κ3) is 4.82. The van der Waals surface area contributed by atoms with Gasteiger partial charge in [0.15, 0.2) is 0 Å². The van der Waals surface area contributed by atoms with Crippen LogP contribution in [0, 0.1) is 11.8 Å². The van der Waals surface area contributed by atoms with E-state index in [2.05, 4.69) is 30.6 Å². The summed E-state index contributed by atoms with van der Waals surface area (Å²) in [6.45, 7) is 5.34. The second-order valence-electron chi connectivity index (χ2n) is 6.60. The minimum absolute atomic E-state index is 0.395. The second-order valence-corrected chi connectivity index (χ2v) is 6.60. The first-order valence-electron chi connectivity index (χ1n) is 8.74. The average molecular weight is 292 g/mol. The Morgan fingerprint density at radius 3 is 2.67 bits per heavy atom. The fourth-order valence-electron chi connectivity index (χ4n) is 3.67. The zero-order chi connectivity index (χ0) is 15.1. The minimum atomic E-state index is 0.395. The predicted octanol–water partition coefficient (Wildman–Crippen LogP) is 3.27. The van der Waals surface area contributed by atoms with E-state index < -0.39 is 0 Å². The molecule has 0 bridgehead atoms. The molecule has 1 aliphatic rings. The Hall–Kier alpha value is -0.870. The van der Waals surface area contributed by atoms with Crippen molar-refractivity contribution in [1.82, 2.24) is 15.2 Å². The number of nitrogens with one attached hydrogen (secondary N) is 1. The van der Waals surface area contributed by atoms with Gasteiger partial charge < -0.3 is 0 Å². The SMILES string of the molecule is CCCCC1CCC(C(Cc2cnn(CC)c2)NN)CC1. The van der Waals surface area contributed by atoms with Gasteiger partial charge in [-0.1, -0.05) is 39.0 Å². The van der Waals surface area contributed by atoms with Gasteiger partial charge in [-0.25, -0.2) is 0 Å². The highest BCUT2D eigenvalue weighted by molar-refractivity contribution is 5.07. The molecule has 2 rings (SSSR count). The zero-order valence-electron chi connectivity index (χ0n) is 13.7. The van der Waals surface area contributed by atoms with Crippen LogP contribution in [0.2, 0.25) is 0 Å². The summed E-state index contributed by atoms with van der Waals surface area (Å²) in [6.07, 6.45) is 14.7. The van der Waals surface area contributed by atoms with Gasteiger partial charge >= 0.3 is 0 Å². The van der Waals surface area contributed by atoms with E-state index in [1.54, 1.807) is 0 Å². The fourth-order valence-corrected chi connectivity index (χ4v) is 3.67. The van der Waals surface area contributed by atoms with Crippen molar-refractivity contribution in [3.05, 3.63) is 18.0 Å². The van der Waals surface area contributed by atoms with Crippen molar-refractivity contribution >= 4 is 0 Å². The van der Waals surface area contributed by atoms with Gasteiger partial charge in [0, 0.05) is 18.8 Å². The average Bonchev–Trinajstić information content (AvgIpc) is 2.99. The van der Waals surface area contributed by atoms with Crippen LogP contribution in [0.4, 0.5) is 0 Å². The molecule has 1 atom stereocenters. The van der Waals surface area contributed by atoms with Crippen LogP contribution in [0.15, 0.2) is 12.4 Å². The molecule has 0 saturated heterocycles. The third-order valence-electron chi connectivity index (χ3n) is 5.11. The van der Waals surface area contributed by atoms with Crippen LogP contribution >= 0.6 is 0 Å². The highest BCUT2D eigenvalue weighted by Crippen LogP contribution is 2.34. The van der Waals surface area contributed by atoms with E-state index in [1.165, 1.54) is 50.5 Å². The van der Waals surface area contributed by atoms with Crippen LogP contribution in [-0.2, 0) is 13.0 Å². The molecule has 1 aromatic rings. The molecule has 1 fully saturated rings. The molecule has 1 heterocycles. The highest BCUT2D eigenvalue weighted by Gasteiger charge is 2.27. The van der Waals surface area contributed by atoms with Crippen molar-refractivity contribution in [3.63, 3.8) is 0 Å². The van der Waals surface area contributed by atoms with Gasteiger partial charge in [0.05, 0.1) is 6.20 Å². The number of aromatic nitrogens is 2. The molecule has 0 aromatic carbocycles. The van der Waals surface area contributed by atoms with Gasteiger partial charge in [-0.15, -0.1) is 0 Å². The number of unbranched alkanes of at least 4 members (excludes halogenated alkanes) is 1. The number of aryl methyl sites for hydroxylation is 1. The molecule has 1 aromatic heterocycles. The summed E-state index contributed by atoms with van der Waals surface area (Å²) >= 11 is 0. The van der Waals surface area contributed by atoms with Crippen LogP contribution in [0.3, 0.4) is 0 Å². The predicted molar refractivity (Wildman–Crippen MR) is 87.7 cm³/mol. The van der Waals surface area contributed by atoms with Gasteiger partial charge in [0.25, 0.3) is 0 Å². The van der Waals surface area contributed by atoms with Crippen LogP contribution in [0.25, 0.3) is 0 Å². The third-order valence-corrected chi connectivity index (χ3v) is 5.11. The first-order valence-corrected chi connectivity index (χ1v) is 8.74. The summed E-state index contributed by atoms with van der Waals surface area (Å²) in [6, 6.07) is 0.395. The largest absolute Gasteiger partial charge is 0.273 e. The number of rotatable bonds is 8. The van der Waals surface area contributed by atoms with E-state index in [4.69, 9.17) is 5.84 Å². The topological polar surface area (TPSA) is 55.9 Å². The first-order chi connectivity index (χ1) is 10.3. The quantitative estimate of drug-likeness (QED) is 0.571. The van der Waals surface area contributed by atoms with Gasteiger partial charge in [0.2, 0.25) is 0 Å². The van der Waals surface area contributed by atoms with Crippen LogP contribution < -0.4 is 11.3 Å². The summed E-state index contributed by atoms with van der Waals surface area (Å²) < 4.78 is 1.99. The Kier molecular flexibility index (Phi) is 6.71. The van der Waals surface area contributed by atoms with E-state index in [0.717, 1.165) is 24.8 Å². The van der Waals surface area contributed by atoms with Gasteiger partial charge in [-0.2, -0.15) is 5.10 Å². The Morgan fingerprint density at radius 2 is 2.10 bits per heavy atom. The molecule has 1 unspecified atom stereocenters. The summed E-state index contributed by atoms with van der Waals surface area (Å²) in [5.74, 6) is 7.51. The lowest BCUT2D eigenvalue weighted by Gasteiger charge is -2.33. The van der Waals surface area contributed by atoms with E-state index in [-0.39, 0.29) is 0 Å². The second kappa shape index (κ2) is 8.54. The maximum atomic E-state index is 5.83. The Balaban J connectivity index is 1.81. The molecular formula is C17H32N4. The summed E-state index contributed by atoms with van der Waals surface area (Å²) in [5, 5.41) is 4.36. The molecule has 4 nitrogen and oxygen atoms in total. The number of nitrogens with two attached hydrogens (primary N) is 1. The molecule has 21 heavy (non-hydrogen) atoms. The number of hydrogen-bond acceptors (Lipinski definition) is 3. The first kappa shape index (κ1) is 16.5. The van der Waals surface area contributed by atoms with Crippen molar-refractivity contribution in [3.8, 4) is 0 Å². The standard InChI is InChI=1S/C17H32N4/c1-3-5-6-14-7-9-16(10-8-14)17(20-18)11-15-12-19-21(4-2)13-15/h12-14,16-17,20H,3-11,18H2,1-2H3. The maximum absolute atomic E-state index is 5.83. The van der Waals surface area contributed by atoms with Crippen molar-refractivity contribution in [2.45, 2.75) is 77.8 Å². The van der Waals surface area contributed by atoms with Crippen molar-refractivity contribution in [1.29, 1.82) is 0 Å². The number of nitrogens with zero attached hydrogens (tertiary/aromatic N) is 2. The Morgan fingerprint density at radius 1 is 1.33 bits per heavy atom. The van der Waals surface area contributed by atoms with Crippen molar-refractivity contribution < 1.29 is 0 Å². The Labute approximate surface area is 129 Å². The molecular weight excluding hydrogens is 260 g/mol. The molecule has 3 N–H and O–H groups in total. The lowest BCUT2D eigenvalue weighted by atomic mass is 9.76. The Bertz CT molecular complexity index is 393. The molecule has 1 saturated carbocycles. The van der Waals surface area contributed by atoms with Gasteiger partial charge in [0.1, 0.15) is 0 Å². The molecule has 0 spiro atoms. The highest BCUT2D eigenvalue weighted by atomic mass is 15.3. The van der Waals surface area contributed by atoms with E-state index in [9.17, 15) is 0 Å². The zero-order valence-corrected chi connectivity index (χ0v) is 13.7. The van der Waals surface area contributed by atoms with Crippen molar-refractivity contribution in [2.24, 2.45) is 17.7 Å². The summed E-state index contributed by atoms with van der Waals surface area (Å²) in [7, 11) is 0. The van der Waals surface area contributed by atoms with Crippen LogP contribution in [-0.4, -0.2) is 15.8 Å². The van der Waals surface area contributed by atoms with E-state index in [0.29, 0.717) is 6.04 Å². The van der Waals surface area contributed by atoms with Gasteiger partial charge in [-0.3, -0.25) is 16.0 Å². The summed E-state index contributed by atoms with van der Waals surface area (Å²) in [5.41, 5.74) is 4.37. The number of hydrazine groups is 1. The molecule has 120 valence electrons. The van der Waals surface area contributed by atoms with Crippen LogP contribution in [0.1, 0.15) is 64.4 Å². The molecule has 1 aliphatic carbocycles. The smallest absolute Gasteiger partial charge is 0.0522 e. The molecule has 0 radical (unpaired) electrons.